The molecule has 0 heterocycles. The molecule has 0 radical (unpaired) electrons. The molecular weight excluding hydrogens is 278 g/mol. The fraction of sp³-hybridized carbons (Fsp3) is 0.529. The van der Waals surface area contributed by atoms with E-state index in [0.717, 1.165) is 12.2 Å². The summed E-state index contributed by atoms with van der Waals surface area (Å²) in [5.74, 6) is -0.319. The summed E-state index contributed by atoms with van der Waals surface area (Å²) in [6.45, 7) is 8.76. The lowest BCUT2D eigenvalue weighted by molar-refractivity contribution is -0.122. The van der Waals surface area contributed by atoms with E-state index in [2.05, 4.69) is 17.1 Å². The molecule has 1 rings (SSSR count). The average Bonchev–Trinajstić information content (AvgIpc) is 2.43. The monoisotopic (exact) mass is 305 g/mol. The number of nitrogens with zero attached hydrogens (tertiary/aromatic N) is 2. The number of carbonyl (C=O) groups is 2. The highest BCUT2D eigenvalue weighted by molar-refractivity contribution is 5.96. The second kappa shape index (κ2) is 7.29. The summed E-state index contributed by atoms with van der Waals surface area (Å²) in [6, 6.07) is 7.42. The van der Waals surface area contributed by atoms with Crippen LogP contribution in [-0.2, 0) is 4.79 Å². The Morgan fingerprint density at radius 3 is 2.09 bits per heavy atom. The lowest BCUT2D eigenvalue weighted by Crippen LogP contribution is -2.46. The first-order valence-corrected chi connectivity index (χ1v) is 7.51. The van der Waals surface area contributed by atoms with Crippen LogP contribution in [0.3, 0.4) is 0 Å². The van der Waals surface area contributed by atoms with Gasteiger partial charge in [0.1, 0.15) is 0 Å². The first-order valence-electron chi connectivity index (χ1n) is 7.51. The lowest BCUT2D eigenvalue weighted by atomic mass is 10.1. The van der Waals surface area contributed by atoms with Gasteiger partial charge in [-0.2, -0.15) is 0 Å². The third-order valence-corrected chi connectivity index (χ3v) is 3.27. The number of carbonyl (C=O) groups excluding carboxylic acids is 2. The molecule has 0 aliphatic heterocycles. The molecule has 1 N–H and O–H groups in total. The predicted molar refractivity (Wildman–Crippen MR) is 90.2 cm³/mol. The van der Waals surface area contributed by atoms with Crippen LogP contribution in [0.2, 0.25) is 0 Å². The summed E-state index contributed by atoms with van der Waals surface area (Å²) in [5.41, 5.74) is 1.35. The van der Waals surface area contributed by atoms with Crippen LogP contribution in [0, 0.1) is 0 Å². The number of likely N-dealkylation sites (N-methyl/N-ethyl adjacent to an activating group) is 1. The number of rotatable bonds is 5. The summed E-state index contributed by atoms with van der Waals surface area (Å²) in [6.07, 6.45) is 0. The third kappa shape index (κ3) is 5.39. The highest BCUT2D eigenvalue weighted by Crippen LogP contribution is 2.14. The molecule has 1 aromatic rings. The second-order valence-corrected chi connectivity index (χ2v) is 6.52. The Morgan fingerprint density at radius 1 is 1.09 bits per heavy atom. The molecule has 5 nitrogen and oxygen atoms in total. The van der Waals surface area contributed by atoms with Crippen molar-refractivity contribution in [2.24, 2.45) is 0 Å². The van der Waals surface area contributed by atoms with Crippen LogP contribution in [0.15, 0.2) is 24.3 Å². The smallest absolute Gasteiger partial charge is 0.254 e. The average molecular weight is 305 g/mol. The summed E-state index contributed by atoms with van der Waals surface area (Å²) < 4.78 is 0. The number of amides is 2. The van der Waals surface area contributed by atoms with E-state index in [1.54, 1.807) is 19.2 Å². The van der Waals surface area contributed by atoms with E-state index in [4.69, 9.17) is 0 Å². The predicted octanol–water partition coefficient (Wildman–Crippen LogP) is 2.13. The molecule has 0 aliphatic carbocycles. The summed E-state index contributed by atoms with van der Waals surface area (Å²) in [4.78, 5) is 27.7. The maximum atomic E-state index is 12.3. The Bertz CT molecular complexity index is 518. The van der Waals surface area contributed by atoms with Crippen LogP contribution >= 0.6 is 0 Å². The minimum Gasteiger partial charge on any atom is -0.375 e. The molecule has 0 unspecified atom stereocenters. The maximum absolute atomic E-state index is 12.3. The lowest BCUT2D eigenvalue weighted by Gasteiger charge is -2.23. The van der Waals surface area contributed by atoms with Gasteiger partial charge in [-0.3, -0.25) is 9.59 Å². The first-order chi connectivity index (χ1) is 10.1. The zero-order valence-electron chi connectivity index (χ0n) is 14.4. The van der Waals surface area contributed by atoms with E-state index < -0.39 is 0 Å². The molecule has 1 aromatic carbocycles. The fourth-order valence-electron chi connectivity index (χ4n) is 2.01. The van der Waals surface area contributed by atoms with E-state index in [9.17, 15) is 9.59 Å². The van der Waals surface area contributed by atoms with Gasteiger partial charge in [-0.15, -0.1) is 0 Å². The molecule has 0 atom stereocenters. The van der Waals surface area contributed by atoms with Crippen LogP contribution in [-0.4, -0.2) is 49.4 Å². The Kier molecular flexibility index (Phi) is 5.97. The zero-order chi connectivity index (χ0) is 16.9. The number of hydrogen-bond acceptors (Lipinski definition) is 3. The number of nitrogens with one attached hydrogen (secondary N) is 1. The minimum atomic E-state index is -0.298. The van der Waals surface area contributed by atoms with E-state index in [1.807, 2.05) is 40.0 Å². The van der Waals surface area contributed by atoms with Crippen molar-refractivity contribution in [2.45, 2.75) is 33.2 Å². The van der Waals surface area contributed by atoms with Crippen LogP contribution in [0.5, 0.6) is 0 Å². The van der Waals surface area contributed by atoms with Crippen molar-refractivity contribution < 1.29 is 9.59 Å². The molecule has 0 spiro atoms. The van der Waals surface area contributed by atoms with Crippen LogP contribution < -0.4 is 10.2 Å². The molecule has 0 saturated heterocycles. The van der Waals surface area contributed by atoms with Gasteiger partial charge in [-0.25, -0.2) is 0 Å². The van der Waals surface area contributed by atoms with Crippen molar-refractivity contribution in [3.8, 4) is 0 Å². The molecule has 122 valence electrons. The first kappa shape index (κ1) is 18.0. The molecule has 0 bridgehead atoms. The molecule has 0 saturated carbocycles. The van der Waals surface area contributed by atoms with Gasteiger partial charge < -0.3 is 15.1 Å². The highest BCUT2D eigenvalue weighted by Gasteiger charge is 2.18. The molecule has 0 fully saturated rings. The van der Waals surface area contributed by atoms with Gasteiger partial charge >= 0.3 is 0 Å². The van der Waals surface area contributed by atoms with Gasteiger partial charge in [0.2, 0.25) is 5.91 Å². The largest absolute Gasteiger partial charge is 0.375 e. The Labute approximate surface area is 133 Å². The Balaban J connectivity index is 2.69. The normalized spacial score (nSPS) is 11.0. The van der Waals surface area contributed by atoms with Crippen molar-refractivity contribution >= 4 is 17.5 Å². The van der Waals surface area contributed by atoms with E-state index in [-0.39, 0.29) is 23.9 Å². The van der Waals surface area contributed by atoms with Crippen LogP contribution in [0.1, 0.15) is 38.1 Å². The van der Waals surface area contributed by atoms with Gasteiger partial charge in [0, 0.05) is 37.4 Å². The van der Waals surface area contributed by atoms with Crippen molar-refractivity contribution in [3.63, 3.8) is 0 Å². The summed E-state index contributed by atoms with van der Waals surface area (Å²) >= 11 is 0. The van der Waals surface area contributed by atoms with Crippen LogP contribution in [0.25, 0.3) is 0 Å². The van der Waals surface area contributed by atoms with Gasteiger partial charge in [0.25, 0.3) is 5.91 Å². The SMILES string of the molecule is CCN(C)c1ccc(C(=O)N(C)CC(=O)NC(C)(C)C)cc1. The van der Waals surface area contributed by atoms with Crippen molar-refractivity contribution in [1.82, 2.24) is 10.2 Å². The number of hydrogen-bond donors (Lipinski definition) is 1. The fourth-order valence-corrected chi connectivity index (χ4v) is 2.01. The maximum Gasteiger partial charge on any atom is 0.254 e. The Hall–Kier alpha value is -2.04. The van der Waals surface area contributed by atoms with Crippen molar-refractivity contribution in [3.05, 3.63) is 29.8 Å². The molecule has 0 aliphatic rings. The van der Waals surface area contributed by atoms with Crippen LogP contribution in [0.4, 0.5) is 5.69 Å². The molecule has 2 amide bonds. The summed E-state index contributed by atoms with van der Waals surface area (Å²) in [7, 11) is 3.64. The topological polar surface area (TPSA) is 52.7 Å². The van der Waals surface area contributed by atoms with E-state index in [0.29, 0.717) is 5.56 Å². The van der Waals surface area contributed by atoms with Gasteiger partial charge in [0.05, 0.1) is 6.54 Å². The van der Waals surface area contributed by atoms with E-state index in [1.165, 1.54) is 4.90 Å². The molecular formula is C17H27N3O2. The van der Waals surface area contributed by atoms with Gasteiger partial charge in [-0.1, -0.05) is 0 Å². The Morgan fingerprint density at radius 2 is 1.64 bits per heavy atom. The molecule has 22 heavy (non-hydrogen) atoms. The molecule has 5 heteroatoms. The third-order valence-electron chi connectivity index (χ3n) is 3.27. The minimum absolute atomic E-state index is 0.0483. The number of benzene rings is 1. The second-order valence-electron chi connectivity index (χ2n) is 6.52. The summed E-state index contributed by atoms with van der Waals surface area (Å²) in [5, 5.41) is 2.85. The van der Waals surface area contributed by atoms with Crippen molar-refractivity contribution in [2.75, 3.05) is 32.1 Å². The standard InChI is InChI=1S/C17H27N3O2/c1-7-19(5)14-10-8-13(9-11-14)16(22)20(6)12-15(21)18-17(2,3)4/h8-11H,7,12H2,1-6H3,(H,18,21). The highest BCUT2D eigenvalue weighted by atomic mass is 16.2. The van der Waals surface area contributed by atoms with E-state index >= 15 is 0 Å². The number of anilines is 1. The van der Waals surface area contributed by atoms with Gasteiger partial charge in [0.15, 0.2) is 0 Å². The molecule has 0 aromatic heterocycles. The van der Waals surface area contributed by atoms with Gasteiger partial charge in [-0.05, 0) is 52.0 Å². The quantitative estimate of drug-likeness (QED) is 0.906. The zero-order valence-corrected chi connectivity index (χ0v) is 14.4. The van der Waals surface area contributed by atoms with Crippen molar-refractivity contribution in [1.29, 1.82) is 0 Å².